The van der Waals surface area contributed by atoms with E-state index >= 15 is 0 Å². The highest BCUT2D eigenvalue weighted by Crippen LogP contribution is 2.42. The lowest BCUT2D eigenvalue weighted by molar-refractivity contribution is 0.205. The summed E-state index contributed by atoms with van der Waals surface area (Å²) in [5, 5.41) is 4.69. The summed E-state index contributed by atoms with van der Waals surface area (Å²) >= 11 is 1.75. The highest BCUT2D eigenvalue weighted by Gasteiger charge is 2.31. The summed E-state index contributed by atoms with van der Waals surface area (Å²) in [6.45, 7) is 2.28. The number of piperidine rings is 1. The van der Waals surface area contributed by atoms with Gasteiger partial charge in [0.1, 0.15) is 5.50 Å². The molecule has 1 saturated heterocycles. The van der Waals surface area contributed by atoms with Crippen LogP contribution in [0.2, 0.25) is 0 Å². The first-order valence-corrected chi connectivity index (χ1v) is 6.79. The molecule has 0 aliphatic carbocycles. The first kappa shape index (κ1) is 10.4. The molecule has 2 heterocycles. The number of hydrogen-bond donors (Lipinski definition) is 1. The molecule has 0 bridgehead atoms. The van der Waals surface area contributed by atoms with E-state index in [1.54, 1.807) is 11.8 Å². The second kappa shape index (κ2) is 4.28. The Hall–Kier alpha value is -0.710. The SMILES string of the molecule is NC1Sc2ccccc2N1N1CCCCC1. The van der Waals surface area contributed by atoms with Crippen molar-refractivity contribution in [3.8, 4) is 0 Å². The molecule has 3 rings (SSSR count). The molecule has 0 aromatic heterocycles. The zero-order chi connectivity index (χ0) is 11.0. The van der Waals surface area contributed by atoms with Crippen LogP contribution in [0, 0.1) is 0 Å². The molecule has 2 aliphatic rings. The Labute approximate surface area is 101 Å². The third kappa shape index (κ3) is 1.71. The Kier molecular flexibility index (Phi) is 2.79. The van der Waals surface area contributed by atoms with Crippen molar-refractivity contribution in [2.24, 2.45) is 5.73 Å². The van der Waals surface area contributed by atoms with Gasteiger partial charge in [-0.1, -0.05) is 30.3 Å². The van der Waals surface area contributed by atoms with E-state index in [1.165, 1.54) is 29.8 Å². The van der Waals surface area contributed by atoms with Crippen molar-refractivity contribution in [2.75, 3.05) is 18.1 Å². The van der Waals surface area contributed by atoms with Crippen LogP contribution >= 0.6 is 11.8 Å². The van der Waals surface area contributed by atoms with Crippen LogP contribution in [0.1, 0.15) is 19.3 Å². The first-order chi connectivity index (χ1) is 7.86. The van der Waals surface area contributed by atoms with Gasteiger partial charge in [0.15, 0.2) is 0 Å². The average Bonchev–Trinajstić information content (AvgIpc) is 2.66. The van der Waals surface area contributed by atoms with Crippen molar-refractivity contribution in [2.45, 2.75) is 29.7 Å². The number of fused-ring (bicyclic) bond motifs is 1. The molecule has 16 heavy (non-hydrogen) atoms. The molecule has 0 spiro atoms. The maximum atomic E-state index is 6.21. The minimum atomic E-state index is 0.0514. The minimum absolute atomic E-state index is 0.0514. The van der Waals surface area contributed by atoms with Crippen molar-refractivity contribution in [1.82, 2.24) is 5.01 Å². The third-order valence-corrected chi connectivity index (χ3v) is 4.28. The zero-order valence-corrected chi connectivity index (χ0v) is 10.1. The molecule has 0 radical (unpaired) electrons. The maximum absolute atomic E-state index is 6.21. The normalized spacial score (nSPS) is 25.8. The molecule has 1 atom stereocenters. The van der Waals surface area contributed by atoms with Gasteiger partial charge < -0.3 is 5.73 Å². The van der Waals surface area contributed by atoms with Gasteiger partial charge in [0.25, 0.3) is 0 Å². The molecule has 0 amide bonds. The summed E-state index contributed by atoms with van der Waals surface area (Å²) in [5.41, 5.74) is 7.54. The number of hydrazine groups is 1. The van der Waals surface area contributed by atoms with Gasteiger partial charge in [-0.25, -0.2) is 5.01 Å². The number of thioether (sulfide) groups is 1. The van der Waals surface area contributed by atoms with Gasteiger partial charge >= 0.3 is 0 Å². The zero-order valence-electron chi connectivity index (χ0n) is 9.30. The Morgan fingerprint density at radius 1 is 1.12 bits per heavy atom. The van der Waals surface area contributed by atoms with Crippen LogP contribution in [0.4, 0.5) is 5.69 Å². The Morgan fingerprint density at radius 3 is 2.69 bits per heavy atom. The molecular weight excluding hydrogens is 218 g/mol. The fourth-order valence-electron chi connectivity index (χ4n) is 2.47. The van der Waals surface area contributed by atoms with Crippen LogP contribution in [-0.2, 0) is 0 Å². The Balaban J connectivity index is 1.89. The number of benzene rings is 1. The molecule has 0 saturated carbocycles. The number of hydrogen-bond acceptors (Lipinski definition) is 4. The van der Waals surface area contributed by atoms with E-state index in [-0.39, 0.29) is 5.50 Å². The van der Waals surface area contributed by atoms with E-state index in [9.17, 15) is 0 Å². The fourth-order valence-corrected chi connectivity index (χ4v) is 3.52. The van der Waals surface area contributed by atoms with Crippen LogP contribution < -0.4 is 10.7 Å². The van der Waals surface area contributed by atoms with Crippen LogP contribution in [0.5, 0.6) is 0 Å². The third-order valence-electron chi connectivity index (χ3n) is 3.24. The van der Waals surface area contributed by atoms with Gasteiger partial charge in [0, 0.05) is 18.0 Å². The van der Waals surface area contributed by atoms with E-state index in [0.717, 1.165) is 13.1 Å². The van der Waals surface area contributed by atoms with Crippen molar-refractivity contribution in [3.05, 3.63) is 24.3 Å². The molecule has 4 heteroatoms. The molecule has 1 unspecified atom stereocenters. The summed E-state index contributed by atoms with van der Waals surface area (Å²) in [5.74, 6) is 0. The standard InChI is InChI=1S/C12H17N3S/c13-12-15(14-8-4-1-5-9-14)10-6-2-3-7-11(10)16-12/h2-3,6-7,12H,1,4-5,8-9,13H2. The lowest BCUT2D eigenvalue weighted by Crippen LogP contribution is -2.51. The quantitative estimate of drug-likeness (QED) is 0.809. The molecular formula is C12H17N3S. The summed E-state index contributed by atoms with van der Waals surface area (Å²) in [6.07, 6.45) is 3.93. The molecule has 2 aliphatic heterocycles. The van der Waals surface area contributed by atoms with E-state index < -0.39 is 0 Å². The molecule has 1 aromatic rings. The predicted molar refractivity (Wildman–Crippen MR) is 68.2 cm³/mol. The molecule has 1 aromatic carbocycles. The number of nitrogens with zero attached hydrogens (tertiary/aromatic N) is 2. The number of para-hydroxylation sites is 1. The van der Waals surface area contributed by atoms with Crippen molar-refractivity contribution in [1.29, 1.82) is 0 Å². The van der Waals surface area contributed by atoms with Gasteiger partial charge in [0.2, 0.25) is 0 Å². The van der Waals surface area contributed by atoms with E-state index in [4.69, 9.17) is 5.73 Å². The van der Waals surface area contributed by atoms with Crippen LogP contribution in [0.25, 0.3) is 0 Å². The van der Waals surface area contributed by atoms with Crippen molar-refractivity contribution >= 4 is 17.4 Å². The van der Waals surface area contributed by atoms with Gasteiger partial charge in [-0.15, -0.1) is 0 Å². The minimum Gasteiger partial charge on any atom is -0.301 e. The van der Waals surface area contributed by atoms with Gasteiger partial charge in [-0.2, -0.15) is 0 Å². The van der Waals surface area contributed by atoms with Crippen molar-refractivity contribution in [3.63, 3.8) is 0 Å². The monoisotopic (exact) mass is 235 g/mol. The summed E-state index contributed by atoms with van der Waals surface area (Å²) < 4.78 is 0. The molecule has 2 N–H and O–H groups in total. The molecule has 86 valence electrons. The largest absolute Gasteiger partial charge is 0.301 e. The first-order valence-electron chi connectivity index (χ1n) is 5.91. The maximum Gasteiger partial charge on any atom is 0.145 e. The lowest BCUT2D eigenvalue weighted by Gasteiger charge is -2.38. The van der Waals surface area contributed by atoms with Gasteiger partial charge in [0.05, 0.1) is 5.69 Å². The van der Waals surface area contributed by atoms with Crippen LogP contribution in [0.15, 0.2) is 29.2 Å². The Bertz CT molecular complexity index is 376. The highest BCUT2D eigenvalue weighted by molar-refractivity contribution is 8.00. The molecule has 3 nitrogen and oxygen atoms in total. The second-order valence-electron chi connectivity index (χ2n) is 4.34. The predicted octanol–water partition coefficient (Wildman–Crippen LogP) is 2.24. The smallest absolute Gasteiger partial charge is 0.145 e. The second-order valence-corrected chi connectivity index (χ2v) is 5.49. The summed E-state index contributed by atoms with van der Waals surface area (Å²) in [7, 11) is 0. The Morgan fingerprint density at radius 2 is 1.88 bits per heavy atom. The average molecular weight is 235 g/mol. The fraction of sp³-hybridized carbons (Fsp3) is 0.500. The number of nitrogens with two attached hydrogens (primary N) is 1. The van der Waals surface area contributed by atoms with Gasteiger partial charge in [-0.3, -0.25) is 5.01 Å². The highest BCUT2D eigenvalue weighted by atomic mass is 32.2. The number of anilines is 1. The van der Waals surface area contributed by atoms with E-state index in [0.29, 0.717) is 0 Å². The topological polar surface area (TPSA) is 32.5 Å². The van der Waals surface area contributed by atoms with E-state index in [2.05, 4.69) is 34.3 Å². The van der Waals surface area contributed by atoms with E-state index in [1.807, 2.05) is 0 Å². The van der Waals surface area contributed by atoms with Crippen LogP contribution in [-0.4, -0.2) is 23.6 Å². The van der Waals surface area contributed by atoms with Gasteiger partial charge in [-0.05, 0) is 25.0 Å². The molecule has 1 fully saturated rings. The number of rotatable bonds is 1. The lowest BCUT2D eigenvalue weighted by atomic mass is 10.1. The summed E-state index contributed by atoms with van der Waals surface area (Å²) in [6, 6.07) is 8.50. The van der Waals surface area contributed by atoms with Crippen LogP contribution in [0.3, 0.4) is 0 Å². The van der Waals surface area contributed by atoms with Crippen molar-refractivity contribution < 1.29 is 0 Å². The summed E-state index contributed by atoms with van der Waals surface area (Å²) in [4.78, 5) is 1.31.